The quantitative estimate of drug-likeness (QED) is 0.385. The number of rotatable bonds is 7. The molecule has 133 valence electrons. The molecule has 2 rings (SSSR count). The standard InChI is InChI=1S/C20H31O3Si/c1-5-6-7-16-8-12-18(13-9-16)22-23-20(21)17-10-14-19(15-11-17)24(2,3)4/h10-11,14-16H,5-9,12-13H2,1-4H3. The Bertz CT molecular complexity index is 511. The second-order valence-corrected chi connectivity index (χ2v) is 13.0. The first-order valence-electron chi connectivity index (χ1n) is 9.24. The third-order valence-corrected chi connectivity index (χ3v) is 6.92. The smallest absolute Gasteiger partial charge is 0.292 e. The maximum Gasteiger partial charge on any atom is 0.373 e. The summed E-state index contributed by atoms with van der Waals surface area (Å²) in [6.07, 6.45) is 8.92. The molecule has 0 N–H and O–H groups in total. The minimum atomic E-state index is -1.34. The molecule has 1 saturated carbocycles. The number of hydrogen-bond acceptors (Lipinski definition) is 3. The summed E-state index contributed by atoms with van der Waals surface area (Å²) in [5, 5.41) is 1.33. The zero-order valence-corrected chi connectivity index (χ0v) is 16.6. The number of hydrogen-bond donors (Lipinski definition) is 0. The van der Waals surface area contributed by atoms with Gasteiger partial charge < -0.3 is 0 Å². The van der Waals surface area contributed by atoms with Gasteiger partial charge in [-0.25, -0.2) is 4.79 Å². The average molecular weight is 348 g/mol. The van der Waals surface area contributed by atoms with E-state index in [1.54, 1.807) is 0 Å². The zero-order valence-electron chi connectivity index (χ0n) is 15.6. The topological polar surface area (TPSA) is 35.5 Å². The fourth-order valence-corrected chi connectivity index (χ4v) is 4.28. The SMILES string of the molecule is CCCCC1CC[C](OOC(=O)c2ccc([Si](C)(C)C)cc2)CC1. The lowest BCUT2D eigenvalue weighted by molar-refractivity contribution is -0.240. The van der Waals surface area contributed by atoms with Gasteiger partial charge in [0.25, 0.3) is 0 Å². The van der Waals surface area contributed by atoms with Crippen molar-refractivity contribution >= 4 is 19.2 Å². The molecule has 1 aliphatic rings. The van der Waals surface area contributed by atoms with Crippen molar-refractivity contribution < 1.29 is 14.6 Å². The molecule has 0 spiro atoms. The van der Waals surface area contributed by atoms with Gasteiger partial charge in [0.15, 0.2) is 0 Å². The van der Waals surface area contributed by atoms with Gasteiger partial charge in [-0.05, 0) is 43.7 Å². The van der Waals surface area contributed by atoms with Crippen molar-refractivity contribution in [2.45, 2.75) is 71.5 Å². The summed E-state index contributed by atoms with van der Waals surface area (Å²) >= 11 is 0. The summed E-state index contributed by atoms with van der Waals surface area (Å²) in [5.74, 6) is 0.403. The minimum absolute atomic E-state index is 0.405. The van der Waals surface area contributed by atoms with Crippen LogP contribution in [0.2, 0.25) is 19.6 Å². The Morgan fingerprint density at radius 2 is 1.75 bits per heavy atom. The average Bonchev–Trinajstić information content (AvgIpc) is 2.58. The molecule has 0 bridgehead atoms. The van der Waals surface area contributed by atoms with Crippen LogP contribution in [0.3, 0.4) is 0 Å². The van der Waals surface area contributed by atoms with Crippen LogP contribution in [0.25, 0.3) is 0 Å². The molecule has 1 radical (unpaired) electrons. The first kappa shape index (κ1) is 19.2. The van der Waals surface area contributed by atoms with Gasteiger partial charge in [0.05, 0.1) is 13.6 Å². The molecule has 4 heteroatoms. The lowest BCUT2D eigenvalue weighted by Crippen LogP contribution is -2.37. The number of carbonyl (C=O) groups excluding carboxylic acids is 1. The molecule has 1 aliphatic carbocycles. The monoisotopic (exact) mass is 347 g/mol. The van der Waals surface area contributed by atoms with Crippen molar-refractivity contribution in [3.63, 3.8) is 0 Å². The maximum absolute atomic E-state index is 12.1. The highest BCUT2D eigenvalue weighted by molar-refractivity contribution is 6.88. The van der Waals surface area contributed by atoms with Gasteiger partial charge in [-0.3, -0.25) is 4.89 Å². The van der Waals surface area contributed by atoms with Crippen LogP contribution in [0.4, 0.5) is 0 Å². The van der Waals surface area contributed by atoms with E-state index >= 15 is 0 Å². The Kier molecular flexibility index (Phi) is 7.05. The van der Waals surface area contributed by atoms with E-state index in [1.807, 2.05) is 24.3 Å². The van der Waals surface area contributed by atoms with Crippen molar-refractivity contribution in [3.05, 3.63) is 35.9 Å². The molecule has 0 atom stereocenters. The fraction of sp³-hybridized carbons (Fsp3) is 0.600. The molecule has 0 saturated heterocycles. The van der Waals surface area contributed by atoms with Crippen molar-refractivity contribution in [1.29, 1.82) is 0 Å². The molecule has 24 heavy (non-hydrogen) atoms. The lowest BCUT2D eigenvalue weighted by Gasteiger charge is -2.26. The summed E-state index contributed by atoms with van der Waals surface area (Å²) < 4.78 is 0. The Hall–Kier alpha value is -1.13. The van der Waals surface area contributed by atoms with Gasteiger partial charge in [-0.15, -0.1) is 0 Å². The van der Waals surface area contributed by atoms with E-state index < -0.39 is 14.0 Å². The van der Waals surface area contributed by atoms with Gasteiger partial charge >= 0.3 is 5.97 Å². The van der Waals surface area contributed by atoms with Crippen LogP contribution < -0.4 is 5.19 Å². The number of benzene rings is 1. The van der Waals surface area contributed by atoms with E-state index in [-0.39, 0.29) is 0 Å². The van der Waals surface area contributed by atoms with Crippen LogP contribution in [-0.4, -0.2) is 14.0 Å². The van der Waals surface area contributed by atoms with Crippen molar-refractivity contribution in [3.8, 4) is 0 Å². The predicted octanol–water partition coefficient (Wildman–Crippen LogP) is 5.23. The van der Waals surface area contributed by atoms with Gasteiger partial charge in [0, 0.05) is 0 Å². The summed E-state index contributed by atoms with van der Waals surface area (Å²) in [7, 11) is -1.34. The number of carbonyl (C=O) groups is 1. The van der Waals surface area contributed by atoms with Crippen LogP contribution in [0.1, 0.15) is 62.2 Å². The normalized spacial score (nSPS) is 17.0. The van der Waals surface area contributed by atoms with Crippen LogP contribution in [-0.2, 0) is 9.78 Å². The van der Waals surface area contributed by atoms with Crippen molar-refractivity contribution in [2.24, 2.45) is 5.92 Å². The highest BCUT2D eigenvalue weighted by atomic mass is 28.3. The van der Waals surface area contributed by atoms with Gasteiger partial charge in [0.2, 0.25) is 0 Å². The summed E-state index contributed by atoms with van der Waals surface area (Å²) in [5.41, 5.74) is 0.550. The molecule has 1 aromatic rings. The van der Waals surface area contributed by atoms with E-state index in [0.717, 1.165) is 37.7 Å². The lowest BCUT2D eigenvalue weighted by atomic mass is 9.84. The zero-order chi connectivity index (χ0) is 17.6. The first-order chi connectivity index (χ1) is 11.4. The Balaban J connectivity index is 1.76. The third-order valence-electron chi connectivity index (χ3n) is 4.85. The Labute approximate surface area is 147 Å². The van der Waals surface area contributed by atoms with Crippen LogP contribution >= 0.6 is 0 Å². The molecular weight excluding hydrogens is 316 g/mol. The molecule has 0 unspecified atom stereocenters. The molecule has 0 aliphatic heterocycles. The van der Waals surface area contributed by atoms with E-state index in [4.69, 9.17) is 9.78 Å². The molecule has 0 heterocycles. The maximum atomic E-state index is 12.1. The molecule has 1 fully saturated rings. The van der Waals surface area contributed by atoms with Crippen LogP contribution in [0, 0.1) is 12.0 Å². The van der Waals surface area contributed by atoms with Crippen molar-refractivity contribution in [1.82, 2.24) is 0 Å². The Morgan fingerprint density at radius 1 is 1.12 bits per heavy atom. The second-order valence-electron chi connectivity index (χ2n) is 7.91. The molecule has 1 aromatic carbocycles. The van der Waals surface area contributed by atoms with E-state index in [1.165, 1.54) is 24.4 Å². The van der Waals surface area contributed by atoms with E-state index in [0.29, 0.717) is 5.56 Å². The van der Waals surface area contributed by atoms with Gasteiger partial charge in [0.1, 0.15) is 6.10 Å². The molecule has 0 amide bonds. The predicted molar refractivity (Wildman–Crippen MR) is 101 cm³/mol. The first-order valence-corrected chi connectivity index (χ1v) is 12.7. The van der Waals surface area contributed by atoms with Crippen LogP contribution in [0.5, 0.6) is 0 Å². The third kappa shape index (κ3) is 5.74. The second kappa shape index (κ2) is 8.81. The summed E-state index contributed by atoms with van der Waals surface area (Å²) in [6, 6.07) is 7.75. The highest BCUT2D eigenvalue weighted by Gasteiger charge is 2.24. The van der Waals surface area contributed by atoms with Gasteiger partial charge in [-0.2, -0.15) is 4.89 Å². The minimum Gasteiger partial charge on any atom is -0.292 e. The number of unbranched alkanes of at least 4 members (excludes halogenated alkanes) is 1. The van der Waals surface area contributed by atoms with Crippen LogP contribution in [0.15, 0.2) is 24.3 Å². The van der Waals surface area contributed by atoms with E-state index in [9.17, 15) is 4.79 Å². The van der Waals surface area contributed by atoms with Gasteiger partial charge in [-0.1, -0.05) is 63.1 Å². The van der Waals surface area contributed by atoms with E-state index in [2.05, 4.69) is 26.6 Å². The fourth-order valence-electron chi connectivity index (χ4n) is 3.12. The summed E-state index contributed by atoms with van der Waals surface area (Å²) in [4.78, 5) is 22.5. The summed E-state index contributed by atoms with van der Waals surface area (Å²) in [6.45, 7) is 9.10. The largest absolute Gasteiger partial charge is 0.373 e. The highest BCUT2D eigenvalue weighted by Crippen LogP contribution is 2.33. The molecular formula is C20H31O3Si. The molecule has 3 nitrogen and oxygen atoms in total. The Morgan fingerprint density at radius 3 is 2.29 bits per heavy atom. The molecule has 0 aromatic heterocycles. The van der Waals surface area contributed by atoms with Crippen molar-refractivity contribution in [2.75, 3.05) is 0 Å².